The minimum atomic E-state index is -0.673. The second-order valence-corrected chi connectivity index (χ2v) is 4.39. The molecule has 1 aliphatic rings. The van der Waals surface area contributed by atoms with Crippen LogP contribution in [-0.2, 0) is 9.05 Å². The molecule has 1 heterocycles. The molecule has 0 amide bonds. The Labute approximate surface area is 74.1 Å². The summed E-state index contributed by atoms with van der Waals surface area (Å²) in [5, 5.41) is 9.07. The largest absolute Gasteiger partial charge is 0.412 e. The first kappa shape index (κ1) is 12.3. The molecular formula is C7H17O4P. The first-order valence-corrected chi connectivity index (χ1v) is 5.45. The third kappa shape index (κ3) is 2.64. The summed E-state index contributed by atoms with van der Waals surface area (Å²) in [6.07, 6.45) is 0.909. The van der Waals surface area contributed by atoms with Gasteiger partial charge in [0.05, 0.1) is 19.8 Å². The molecule has 0 bridgehead atoms. The molecule has 0 aromatic rings. The highest BCUT2D eigenvalue weighted by Gasteiger charge is 2.33. The third-order valence-corrected chi connectivity index (χ3v) is 3.18. The van der Waals surface area contributed by atoms with Gasteiger partial charge in [-0.15, -0.1) is 0 Å². The summed E-state index contributed by atoms with van der Waals surface area (Å²) in [6, 6.07) is 0. The maximum absolute atomic E-state index is 9.07. The molecule has 12 heavy (non-hydrogen) atoms. The fourth-order valence-corrected chi connectivity index (χ4v) is 1.93. The lowest BCUT2D eigenvalue weighted by Gasteiger charge is -2.36. The molecular weight excluding hydrogens is 179 g/mol. The summed E-state index contributed by atoms with van der Waals surface area (Å²) in [5.41, 5.74) is -0.130. The van der Waals surface area contributed by atoms with E-state index in [2.05, 4.69) is 0 Å². The van der Waals surface area contributed by atoms with Crippen molar-refractivity contribution in [3.8, 4) is 0 Å². The zero-order valence-electron chi connectivity index (χ0n) is 7.54. The van der Waals surface area contributed by atoms with Gasteiger partial charge in [0.1, 0.15) is 0 Å². The summed E-state index contributed by atoms with van der Waals surface area (Å²) < 4.78 is 10.7. The van der Waals surface area contributed by atoms with Crippen LogP contribution in [0, 0.1) is 5.41 Å². The van der Waals surface area contributed by atoms with Gasteiger partial charge in [-0.2, -0.15) is 0 Å². The van der Waals surface area contributed by atoms with Crippen LogP contribution < -0.4 is 0 Å². The molecule has 3 N–H and O–H groups in total. The van der Waals surface area contributed by atoms with E-state index in [1.54, 1.807) is 0 Å². The van der Waals surface area contributed by atoms with Crippen LogP contribution >= 0.6 is 8.38 Å². The molecule has 5 heteroatoms. The Morgan fingerprint density at radius 2 is 1.92 bits per heavy atom. The van der Waals surface area contributed by atoms with Gasteiger partial charge in [-0.3, -0.25) is 0 Å². The van der Waals surface area contributed by atoms with Gasteiger partial charge in [0.15, 0.2) is 8.38 Å². The standard InChI is InChI=1S/C7H15O3P.H2O/c1-3-7(4-8)5-9-11(2)10-6-7;/h8H,3-6H2,1-2H3;1H2. The Bertz CT molecular complexity index is 117. The van der Waals surface area contributed by atoms with Gasteiger partial charge in [-0.05, 0) is 6.42 Å². The minimum Gasteiger partial charge on any atom is -0.412 e. The van der Waals surface area contributed by atoms with E-state index >= 15 is 0 Å². The van der Waals surface area contributed by atoms with E-state index in [-0.39, 0.29) is 17.5 Å². The van der Waals surface area contributed by atoms with E-state index in [1.165, 1.54) is 0 Å². The number of hydrogen-bond donors (Lipinski definition) is 1. The Balaban J connectivity index is 0.00000121. The number of aliphatic hydroxyl groups excluding tert-OH is 1. The number of aliphatic hydroxyl groups is 1. The molecule has 0 atom stereocenters. The number of hydrogen-bond acceptors (Lipinski definition) is 3. The molecule has 1 fully saturated rings. The molecule has 4 nitrogen and oxygen atoms in total. The van der Waals surface area contributed by atoms with Crippen molar-refractivity contribution in [3.05, 3.63) is 0 Å². The van der Waals surface area contributed by atoms with E-state index in [9.17, 15) is 0 Å². The zero-order valence-corrected chi connectivity index (χ0v) is 8.43. The summed E-state index contributed by atoms with van der Waals surface area (Å²) in [6.45, 7) is 5.43. The fourth-order valence-electron chi connectivity index (χ4n) is 0.942. The summed E-state index contributed by atoms with van der Waals surface area (Å²) >= 11 is 0. The lowest BCUT2D eigenvalue weighted by atomic mass is 9.88. The van der Waals surface area contributed by atoms with Gasteiger partial charge < -0.3 is 19.6 Å². The van der Waals surface area contributed by atoms with Crippen molar-refractivity contribution in [3.63, 3.8) is 0 Å². The van der Waals surface area contributed by atoms with Crippen molar-refractivity contribution in [2.24, 2.45) is 5.41 Å². The topological polar surface area (TPSA) is 70.2 Å². The molecule has 0 unspecified atom stereocenters. The smallest absolute Gasteiger partial charge is 0.167 e. The van der Waals surface area contributed by atoms with E-state index in [4.69, 9.17) is 14.2 Å². The third-order valence-electron chi connectivity index (χ3n) is 2.19. The Morgan fingerprint density at radius 3 is 2.25 bits per heavy atom. The van der Waals surface area contributed by atoms with Crippen molar-refractivity contribution < 1.29 is 19.6 Å². The summed E-state index contributed by atoms with van der Waals surface area (Å²) in [4.78, 5) is 0. The van der Waals surface area contributed by atoms with Gasteiger partial charge in [0.25, 0.3) is 0 Å². The molecule has 1 saturated heterocycles. The molecule has 1 rings (SSSR count). The van der Waals surface area contributed by atoms with Crippen LogP contribution in [0.5, 0.6) is 0 Å². The average molecular weight is 196 g/mol. The monoisotopic (exact) mass is 196 g/mol. The second kappa shape index (κ2) is 5.10. The molecule has 0 aromatic heterocycles. The van der Waals surface area contributed by atoms with Crippen molar-refractivity contribution in [2.75, 3.05) is 26.5 Å². The van der Waals surface area contributed by atoms with Crippen molar-refractivity contribution in [1.29, 1.82) is 0 Å². The average Bonchev–Trinajstić information content (AvgIpc) is 2.07. The van der Waals surface area contributed by atoms with Crippen LogP contribution in [0.4, 0.5) is 0 Å². The van der Waals surface area contributed by atoms with Crippen LogP contribution in [0.25, 0.3) is 0 Å². The van der Waals surface area contributed by atoms with Gasteiger partial charge in [-0.1, -0.05) is 6.92 Å². The van der Waals surface area contributed by atoms with Crippen molar-refractivity contribution in [2.45, 2.75) is 13.3 Å². The van der Waals surface area contributed by atoms with Gasteiger partial charge in [0, 0.05) is 12.1 Å². The SMILES string of the molecule is CCC1(CO)COP(C)OC1.O. The van der Waals surface area contributed by atoms with Crippen LogP contribution in [-0.4, -0.2) is 37.1 Å². The Hall–Kier alpha value is 0.270. The second-order valence-electron chi connectivity index (χ2n) is 3.00. The first-order chi connectivity index (χ1) is 5.22. The molecule has 0 radical (unpaired) electrons. The predicted octanol–water partition coefficient (Wildman–Crippen LogP) is 0.539. The van der Waals surface area contributed by atoms with Crippen molar-refractivity contribution in [1.82, 2.24) is 0 Å². The summed E-state index contributed by atoms with van der Waals surface area (Å²) in [7, 11) is -0.673. The molecule has 0 aromatic carbocycles. The van der Waals surface area contributed by atoms with Crippen LogP contribution in [0.3, 0.4) is 0 Å². The maximum Gasteiger partial charge on any atom is 0.167 e. The molecule has 0 aliphatic carbocycles. The highest BCUT2D eigenvalue weighted by atomic mass is 31.2. The molecule has 74 valence electrons. The summed E-state index contributed by atoms with van der Waals surface area (Å²) in [5.74, 6) is 0. The lowest BCUT2D eigenvalue weighted by molar-refractivity contribution is -0.00975. The van der Waals surface area contributed by atoms with Crippen molar-refractivity contribution >= 4 is 8.38 Å². The molecule has 1 aliphatic heterocycles. The quantitative estimate of drug-likeness (QED) is 0.655. The highest BCUT2D eigenvalue weighted by Crippen LogP contribution is 2.43. The van der Waals surface area contributed by atoms with E-state index in [0.717, 1.165) is 6.42 Å². The highest BCUT2D eigenvalue weighted by molar-refractivity contribution is 7.46. The van der Waals surface area contributed by atoms with E-state index in [1.807, 2.05) is 13.6 Å². The molecule has 0 saturated carbocycles. The number of rotatable bonds is 2. The van der Waals surface area contributed by atoms with Gasteiger partial charge >= 0.3 is 0 Å². The van der Waals surface area contributed by atoms with Gasteiger partial charge in [0.2, 0.25) is 0 Å². The first-order valence-electron chi connectivity index (χ1n) is 3.83. The van der Waals surface area contributed by atoms with Crippen LogP contribution in [0.1, 0.15) is 13.3 Å². The van der Waals surface area contributed by atoms with Crippen LogP contribution in [0.2, 0.25) is 0 Å². The normalized spacial score (nSPS) is 35.8. The lowest BCUT2D eigenvalue weighted by Crippen LogP contribution is -2.37. The van der Waals surface area contributed by atoms with E-state index < -0.39 is 8.38 Å². The fraction of sp³-hybridized carbons (Fsp3) is 1.00. The molecule has 0 spiro atoms. The van der Waals surface area contributed by atoms with Gasteiger partial charge in [-0.25, -0.2) is 0 Å². The van der Waals surface area contributed by atoms with E-state index in [0.29, 0.717) is 13.2 Å². The van der Waals surface area contributed by atoms with Crippen LogP contribution in [0.15, 0.2) is 0 Å². The Kier molecular flexibility index (Phi) is 5.21. The zero-order chi connectivity index (χ0) is 8.32. The Morgan fingerprint density at radius 1 is 1.42 bits per heavy atom. The minimum absolute atomic E-state index is 0. The maximum atomic E-state index is 9.07. The predicted molar refractivity (Wildman–Crippen MR) is 48.2 cm³/mol.